The summed E-state index contributed by atoms with van der Waals surface area (Å²) in [6.45, 7) is 2.48. The molecule has 19 heavy (non-hydrogen) atoms. The minimum absolute atomic E-state index is 0.183. The maximum Gasteiger partial charge on any atom is 0.275 e. The minimum atomic E-state index is -0.320. The lowest BCUT2D eigenvalue weighted by Gasteiger charge is -2.25. The van der Waals surface area contributed by atoms with Gasteiger partial charge in [-0.25, -0.2) is 0 Å². The molecule has 0 bridgehead atoms. The number of benzene rings is 1. The quantitative estimate of drug-likeness (QED) is 0.615. The van der Waals surface area contributed by atoms with Crippen molar-refractivity contribution in [3.8, 4) is 0 Å². The topological polar surface area (TPSA) is 84.7 Å². The van der Waals surface area contributed by atoms with E-state index in [0.717, 1.165) is 19.6 Å². The molecule has 1 heterocycles. The fourth-order valence-electron chi connectivity index (χ4n) is 2.08. The van der Waals surface area contributed by atoms with Gasteiger partial charge < -0.3 is 11.5 Å². The second-order valence-electron chi connectivity index (χ2n) is 4.54. The van der Waals surface area contributed by atoms with Gasteiger partial charge in [0.2, 0.25) is 0 Å². The lowest BCUT2D eigenvalue weighted by atomic mass is 10.1. The Bertz CT molecular complexity index is 503. The molecule has 1 amide bonds. The Balaban J connectivity index is 1.93. The van der Waals surface area contributed by atoms with Gasteiger partial charge in [0.1, 0.15) is 0 Å². The van der Waals surface area contributed by atoms with E-state index in [4.69, 9.17) is 11.5 Å². The molecule has 4 N–H and O–H groups in total. The third-order valence-electron chi connectivity index (χ3n) is 3.05. The molecule has 0 aromatic heterocycles. The first kappa shape index (κ1) is 13.3. The van der Waals surface area contributed by atoms with Crippen molar-refractivity contribution in [3.63, 3.8) is 0 Å². The number of nitrogens with zero attached hydrogens (tertiary/aromatic N) is 2. The third kappa shape index (κ3) is 3.93. The first-order chi connectivity index (χ1) is 9.15. The van der Waals surface area contributed by atoms with E-state index in [1.165, 1.54) is 5.56 Å². The number of guanidine groups is 1. The molecule has 0 aliphatic carbocycles. The number of aliphatic imine (C=N–C) groups is 1. The van der Waals surface area contributed by atoms with Crippen LogP contribution in [0.1, 0.15) is 12.0 Å². The molecule has 5 heteroatoms. The van der Waals surface area contributed by atoms with E-state index < -0.39 is 0 Å². The Hall–Kier alpha value is -2.14. The molecule has 1 aliphatic heterocycles. The van der Waals surface area contributed by atoms with Gasteiger partial charge in [0, 0.05) is 25.2 Å². The second kappa shape index (κ2) is 6.15. The summed E-state index contributed by atoms with van der Waals surface area (Å²) >= 11 is 0. The normalized spacial score (nSPS) is 15.7. The van der Waals surface area contributed by atoms with Gasteiger partial charge in [-0.15, -0.1) is 0 Å². The Morgan fingerprint density at radius 2 is 2.00 bits per heavy atom. The third-order valence-corrected chi connectivity index (χ3v) is 3.05. The summed E-state index contributed by atoms with van der Waals surface area (Å²) in [7, 11) is 0. The van der Waals surface area contributed by atoms with Crippen LogP contribution >= 0.6 is 0 Å². The number of carbonyl (C=O) groups excluding carboxylic acids is 1. The fourth-order valence-corrected chi connectivity index (χ4v) is 2.08. The van der Waals surface area contributed by atoms with Crippen LogP contribution < -0.4 is 11.5 Å². The summed E-state index contributed by atoms with van der Waals surface area (Å²) in [6.07, 6.45) is 2.59. The van der Waals surface area contributed by atoms with Crippen LogP contribution in [0.25, 0.3) is 0 Å². The van der Waals surface area contributed by atoms with Crippen LogP contribution in [-0.2, 0) is 11.3 Å². The molecule has 0 atom stereocenters. The van der Waals surface area contributed by atoms with Crippen LogP contribution in [0.3, 0.4) is 0 Å². The second-order valence-corrected chi connectivity index (χ2v) is 4.54. The Morgan fingerprint density at radius 1 is 1.26 bits per heavy atom. The Labute approximate surface area is 112 Å². The summed E-state index contributed by atoms with van der Waals surface area (Å²) in [4.78, 5) is 17.5. The van der Waals surface area contributed by atoms with Crippen LogP contribution in [0, 0.1) is 0 Å². The van der Waals surface area contributed by atoms with Crippen molar-refractivity contribution >= 4 is 11.9 Å². The van der Waals surface area contributed by atoms with Crippen LogP contribution in [-0.4, -0.2) is 29.9 Å². The lowest BCUT2D eigenvalue weighted by Crippen LogP contribution is -2.30. The number of hydrogen-bond donors (Lipinski definition) is 2. The van der Waals surface area contributed by atoms with Crippen LogP contribution in [0.5, 0.6) is 0 Å². The Kier molecular flexibility index (Phi) is 4.30. The zero-order chi connectivity index (χ0) is 13.7. The van der Waals surface area contributed by atoms with E-state index in [9.17, 15) is 4.79 Å². The summed E-state index contributed by atoms with van der Waals surface area (Å²) < 4.78 is 0. The van der Waals surface area contributed by atoms with Gasteiger partial charge in [-0.1, -0.05) is 36.4 Å². The average molecular weight is 258 g/mol. The van der Waals surface area contributed by atoms with Crippen LogP contribution in [0.4, 0.5) is 0 Å². The van der Waals surface area contributed by atoms with E-state index >= 15 is 0 Å². The van der Waals surface area contributed by atoms with Gasteiger partial charge in [-0.05, 0) is 12.0 Å². The van der Waals surface area contributed by atoms with Crippen LogP contribution in [0.15, 0.2) is 47.0 Å². The number of carbonyl (C=O) groups is 1. The molecular formula is C14H18N4O. The molecule has 1 aromatic carbocycles. The van der Waals surface area contributed by atoms with Gasteiger partial charge in [0.05, 0.1) is 0 Å². The molecule has 5 nitrogen and oxygen atoms in total. The highest BCUT2D eigenvalue weighted by Crippen LogP contribution is 2.14. The van der Waals surface area contributed by atoms with E-state index in [1.807, 2.05) is 24.3 Å². The number of hydrogen-bond acceptors (Lipinski definition) is 2. The molecule has 0 saturated heterocycles. The summed E-state index contributed by atoms with van der Waals surface area (Å²) in [5.74, 6) is -0.503. The SMILES string of the molecule is NC(N)=NC(=O)C1=CCN(Cc2ccccc2)CC1. The van der Waals surface area contributed by atoms with Crippen molar-refractivity contribution in [2.75, 3.05) is 13.1 Å². The van der Waals surface area contributed by atoms with Crippen molar-refractivity contribution in [1.29, 1.82) is 0 Å². The van der Waals surface area contributed by atoms with Gasteiger partial charge in [0.25, 0.3) is 5.91 Å². The van der Waals surface area contributed by atoms with E-state index in [2.05, 4.69) is 22.0 Å². The molecule has 2 rings (SSSR count). The molecule has 0 fully saturated rings. The van der Waals surface area contributed by atoms with Crippen LogP contribution in [0.2, 0.25) is 0 Å². The zero-order valence-electron chi connectivity index (χ0n) is 10.7. The van der Waals surface area contributed by atoms with E-state index in [-0.39, 0.29) is 11.9 Å². The van der Waals surface area contributed by atoms with Crippen molar-refractivity contribution in [2.45, 2.75) is 13.0 Å². The number of nitrogens with two attached hydrogens (primary N) is 2. The predicted octanol–water partition coefficient (Wildman–Crippen LogP) is 0.619. The molecular weight excluding hydrogens is 240 g/mol. The van der Waals surface area contributed by atoms with Gasteiger partial charge in [0.15, 0.2) is 5.96 Å². The fraction of sp³-hybridized carbons (Fsp3) is 0.286. The summed E-state index contributed by atoms with van der Waals surface area (Å²) in [6, 6.07) is 10.3. The maximum atomic E-state index is 11.6. The highest BCUT2D eigenvalue weighted by Gasteiger charge is 2.16. The molecule has 0 radical (unpaired) electrons. The largest absolute Gasteiger partial charge is 0.370 e. The summed E-state index contributed by atoms with van der Waals surface area (Å²) in [5.41, 5.74) is 12.4. The maximum absolute atomic E-state index is 11.6. The zero-order valence-corrected chi connectivity index (χ0v) is 10.7. The molecule has 0 spiro atoms. The van der Waals surface area contributed by atoms with E-state index in [0.29, 0.717) is 12.0 Å². The molecule has 1 aromatic rings. The number of amides is 1. The summed E-state index contributed by atoms with van der Waals surface area (Å²) in [5, 5.41) is 0. The van der Waals surface area contributed by atoms with Gasteiger partial charge in [-0.2, -0.15) is 4.99 Å². The van der Waals surface area contributed by atoms with Crippen molar-refractivity contribution < 1.29 is 4.79 Å². The highest BCUT2D eigenvalue weighted by molar-refractivity contribution is 6.01. The first-order valence-electron chi connectivity index (χ1n) is 6.24. The highest BCUT2D eigenvalue weighted by atomic mass is 16.1. The van der Waals surface area contributed by atoms with E-state index in [1.54, 1.807) is 0 Å². The monoisotopic (exact) mass is 258 g/mol. The predicted molar refractivity (Wildman–Crippen MR) is 75.2 cm³/mol. The van der Waals surface area contributed by atoms with Crippen molar-refractivity contribution in [2.24, 2.45) is 16.5 Å². The molecule has 1 aliphatic rings. The van der Waals surface area contributed by atoms with Crippen molar-refractivity contribution in [3.05, 3.63) is 47.5 Å². The molecule has 0 saturated carbocycles. The molecule has 0 unspecified atom stereocenters. The van der Waals surface area contributed by atoms with Crippen molar-refractivity contribution in [1.82, 2.24) is 4.90 Å². The Morgan fingerprint density at radius 3 is 2.58 bits per heavy atom. The van der Waals surface area contributed by atoms with Gasteiger partial charge >= 0.3 is 0 Å². The smallest absolute Gasteiger partial charge is 0.275 e. The minimum Gasteiger partial charge on any atom is -0.370 e. The molecule has 100 valence electrons. The lowest BCUT2D eigenvalue weighted by molar-refractivity contribution is -0.114. The standard InChI is InChI=1S/C14H18N4O/c15-14(16)17-13(19)12-6-8-18(9-7-12)10-11-4-2-1-3-5-11/h1-6H,7-10H2,(H4,15,16,17,19). The first-order valence-corrected chi connectivity index (χ1v) is 6.24. The van der Waals surface area contributed by atoms with Gasteiger partial charge in [-0.3, -0.25) is 9.69 Å². The number of rotatable bonds is 3. The average Bonchev–Trinajstić information content (AvgIpc) is 2.40.